The number of hydrogen-bond donors (Lipinski definition) is 2. The van der Waals surface area contributed by atoms with E-state index < -0.39 is 0 Å². The van der Waals surface area contributed by atoms with Crippen LogP contribution in [0.15, 0.2) is 6.33 Å². The van der Waals surface area contributed by atoms with Crippen LogP contribution in [0.4, 0.5) is 5.82 Å². The van der Waals surface area contributed by atoms with Gasteiger partial charge in [-0.1, -0.05) is 12.8 Å². The van der Waals surface area contributed by atoms with E-state index in [2.05, 4.69) is 31.2 Å². The number of imidazole rings is 1. The highest BCUT2D eigenvalue weighted by molar-refractivity contribution is 6.28. The number of nitrogens with zero attached hydrogens (tertiary/aromatic N) is 3. The van der Waals surface area contributed by atoms with Gasteiger partial charge in [0.05, 0.1) is 12.4 Å². The molecule has 6 heteroatoms. The van der Waals surface area contributed by atoms with Gasteiger partial charge in [0.15, 0.2) is 11.5 Å². The molecule has 2 N–H and O–H groups in total. The number of aromatic amines is 1. The number of hydrogen-bond acceptors (Lipinski definition) is 4. The molecule has 2 aromatic rings. The highest BCUT2D eigenvalue weighted by Gasteiger charge is 2.11. The second kappa shape index (κ2) is 4.37. The summed E-state index contributed by atoms with van der Waals surface area (Å²) in [7, 11) is 0. The summed E-state index contributed by atoms with van der Waals surface area (Å²) in [5.74, 6) is 3.21. The molecule has 0 aliphatic heterocycles. The molecule has 0 aliphatic carbocycles. The summed E-state index contributed by atoms with van der Waals surface area (Å²) in [6.45, 7) is 1.99. The standard InChI is InChI=1S/C10H10ClN5/c1-3-6(4-2)14-9-7-8(13-5-12-7)15-10(11)16-9/h1,5-6H,4H2,2H3,(H2,12,13,14,15,16). The molecule has 0 amide bonds. The molecule has 0 bridgehead atoms. The molecule has 0 radical (unpaired) electrons. The summed E-state index contributed by atoms with van der Waals surface area (Å²) >= 11 is 5.78. The maximum Gasteiger partial charge on any atom is 0.226 e. The van der Waals surface area contributed by atoms with Gasteiger partial charge in [-0.15, -0.1) is 6.42 Å². The van der Waals surface area contributed by atoms with Gasteiger partial charge in [0.25, 0.3) is 0 Å². The Kier molecular flexibility index (Phi) is 2.93. The van der Waals surface area contributed by atoms with E-state index in [1.54, 1.807) is 0 Å². The van der Waals surface area contributed by atoms with Crippen molar-refractivity contribution in [3.63, 3.8) is 0 Å². The summed E-state index contributed by atoms with van der Waals surface area (Å²) in [6.07, 6.45) is 7.71. The molecular formula is C10H10ClN5. The van der Waals surface area contributed by atoms with E-state index >= 15 is 0 Å². The van der Waals surface area contributed by atoms with Gasteiger partial charge in [-0.05, 0) is 18.0 Å². The van der Waals surface area contributed by atoms with Gasteiger partial charge in [-0.3, -0.25) is 0 Å². The molecule has 2 aromatic heterocycles. The van der Waals surface area contributed by atoms with E-state index in [1.165, 1.54) is 6.33 Å². The Labute approximate surface area is 97.7 Å². The molecule has 82 valence electrons. The Hall–Kier alpha value is -1.80. The fourth-order valence-electron chi connectivity index (χ4n) is 1.34. The van der Waals surface area contributed by atoms with Gasteiger partial charge in [0, 0.05) is 0 Å². The number of rotatable bonds is 3. The van der Waals surface area contributed by atoms with Gasteiger partial charge in [-0.2, -0.15) is 9.97 Å². The minimum atomic E-state index is -0.0857. The second-order valence-electron chi connectivity index (χ2n) is 3.21. The highest BCUT2D eigenvalue weighted by Crippen LogP contribution is 2.19. The number of fused-ring (bicyclic) bond motifs is 1. The average Bonchev–Trinajstić information content (AvgIpc) is 2.73. The van der Waals surface area contributed by atoms with Gasteiger partial charge in [-0.25, -0.2) is 4.98 Å². The first kappa shape index (κ1) is 10.7. The number of H-pyrrole nitrogens is 1. The van der Waals surface area contributed by atoms with Crippen LogP contribution in [0.2, 0.25) is 5.28 Å². The van der Waals surface area contributed by atoms with Crippen LogP contribution in [0.25, 0.3) is 11.2 Å². The first-order valence-corrected chi connectivity index (χ1v) is 5.21. The molecule has 1 atom stereocenters. The first-order valence-electron chi connectivity index (χ1n) is 4.84. The van der Waals surface area contributed by atoms with Gasteiger partial charge < -0.3 is 10.3 Å². The van der Waals surface area contributed by atoms with E-state index in [1.807, 2.05) is 6.92 Å². The van der Waals surface area contributed by atoms with Crippen molar-refractivity contribution < 1.29 is 0 Å². The third kappa shape index (κ3) is 1.92. The van der Waals surface area contributed by atoms with E-state index in [9.17, 15) is 0 Å². The zero-order valence-corrected chi connectivity index (χ0v) is 9.41. The first-order chi connectivity index (χ1) is 7.74. The summed E-state index contributed by atoms with van der Waals surface area (Å²) in [6, 6.07) is -0.0857. The fraction of sp³-hybridized carbons (Fsp3) is 0.300. The maximum absolute atomic E-state index is 5.78. The van der Waals surface area contributed by atoms with Crippen LogP contribution in [0, 0.1) is 12.3 Å². The summed E-state index contributed by atoms with van der Waals surface area (Å²) in [5, 5.41) is 3.25. The predicted molar refractivity (Wildman–Crippen MR) is 63.2 cm³/mol. The van der Waals surface area contributed by atoms with Crippen LogP contribution in [0.5, 0.6) is 0 Å². The molecule has 0 spiro atoms. The lowest BCUT2D eigenvalue weighted by molar-refractivity contribution is 0.851. The minimum Gasteiger partial charge on any atom is -0.355 e. The zero-order chi connectivity index (χ0) is 11.5. The van der Waals surface area contributed by atoms with Crippen molar-refractivity contribution in [1.29, 1.82) is 0 Å². The Balaban J connectivity index is 2.43. The molecule has 16 heavy (non-hydrogen) atoms. The molecule has 1 unspecified atom stereocenters. The van der Waals surface area contributed by atoms with Crippen molar-refractivity contribution in [2.75, 3.05) is 5.32 Å². The Morgan fingerprint density at radius 3 is 3.12 bits per heavy atom. The van der Waals surface area contributed by atoms with Gasteiger partial charge in [0.2, 0.25) is 5.28 Å². The molecule has 2 rings (SSSR count). The Morgan fingerprint density at radius 2 is 2.44 bits per heavy atom. The van der Waals surface area contributed by atoms with Crippen molar-refractivity contribution in [3.05, 3.63) is 11.6 Å². The van der Waals surface area contributed by atoms with E-state index in [0.29, 0.717) is 17.0 Å². The maximum atomic E-state index is 5.78. The quantitative estimate of drug-likeness (QED) is 0.629. The van der Waals surface area contributed by atoms with Crippen LogP contribution in [0.1, 0.15) is 13.3 Å². The predicted octanol–water partition coefficient (Wildman–Crippen LogP) is 1.83. The van der Waals surface area contributed by atoms with Crippen LogP contribution in [-0.2, 0) is 0 Å². The zero-order valence-electron chi connectivity index (χ0n) is 8.66. The number of anilines is 1. The number of terminal acetylenes is 1. The molecule has 0 aliphatic rings. The van der Waals surface area contributed by atoms with Gasteiger partial charge >= 0.3 is 0 Å². The number of aromatic nitrogens is 4. The lowest BCUT2D eigenvalue weighted by Crippen LogP contribution is -2.17. The Morgan fingerprint density at radius 1 is 1.62 bits per heavy atom. The fourth-order valence-corrected chi connectivity index (χ4v) is 1.50. The van der Waals surface area contributed by atoms with E-state index in [-0.39, 0.29) is 11.3 Å². The third-order valence-electron chi connectivity index (χ3n) is 2.18. The van der Waals surface area contributed by atoms with E-state index in [4.69, 9.17) is 18.0 Å². The molecule has 5 nitrogen and oxygen atoms in total. The minimum absolute atomic E-state index is 0.0857. The molecule has 0 fully saturated rings. The molecule has 0 saturated heterocycles. The molecule has 0 saturated carbocycles. The monoisotopic (exact) mass is 235 g/mol. The highest BCUT2D eigenvalue weighted by atomic mass is 35.5. The second-order valence-corrected chi connectivity index (χ2v) is 3.55. The van der Waals surface area contributed by atoms with Crippen molar-refractivity contribution in [2.24, 2.45) is 0 Å². The van der Waals surface area contributed by atoms with Crippen molar-refractivity contribution in [3.8, 4) is 12.3 Å². The molecule has 2 heterocycles. The lowest BCUT2D eigenvalue weighted by Gasteiger charge is -2.11. The van der Waals surface area contributed by atoms with Crippen LogP contribution in [0.3, 0.4) is 0 Å². The van der Waals surface area contributed by atoms with Crippen LogP contribution < -0.4 is 5.32 Å². The van der Waals surface area contributed by atoms with Crippen molar-refractivity contribution >= 4 is 28.6 Å². The van der Waals surface area contributed by atoms with Crippen LogP contribution in [-0.4, -0.2) is 26.0 Å². The van der Waals surface area contributed by atoms with E-state index in [0.717, 1.165) is 6.42 Å². The number of nitrogens with one attached hydrogen (secondary N) is 2. The smallest absolute Gasteiger partial charge is 0.226 e. The third-order valence-corrected chi connectivity index (χ3v) is 2.35. The van der Waals surface area contributed by atoms with Crippen molar-refractivity contribution in [2.45, 2.75) is 19.4 Å². The summed E-state index contributed by atoms with van der Waals surface area (Å²) in [4.78, 5) is 15.0. The van der Waals surface area contributed by atoms with Crippen LogP contribution >= 0.6 is 11.6 Å². The topological polar surface area (TPSA) is 66.5 Å². The largest absolute Gasteiger partial charge is 0.355 e. The molecule has 0 aromatic carbocycles. The summed E-state index contributed by atoms with van der Waals surface area (Å²) in [5.41, 5.74) is 1.23. The lowest BCUT2D eigenvalue weighted by atomic mass is 10.2. The normalized spacial score (nSPS) is 12.3. The van der Waals surface area contributed by atoms with Gasteiger partial charge in [0.1, 0.15) is 5.52 Å². The average molecular weight is 236 g/mol. The summed E-state index contributed by atoms with van der Waals surface area (Å²) < 4.78 is 0. The number of halogens is 1. The molecular weight excluding hydrogens is 226 g/mol. The van der Waals surface area contributed by atoms with Crippen molar-refractivity contribution in [1.82, 2.24) is 19.9 Å². The SMILES string of the molecule is C#CC(CC)Nc1nc(Cl)nc2nc[nH]c12. The Bertz CT molecular complexity index is 542.